The van der Waals surface area contributed by atoms with Crippen LogP contribution in [0.1, 0.15) is 0 Å². The second-order valence-electron chi connectivity index (χ2n) is 8.37. The second-order valence-corrected chi connectivity index (χ2v) is 10.1. The number of hydrogen-bond donors (Lipinski definition) is 3. The van der Waals surface area contributed by atoms with Crippen LogP contribution < -0.4 is 24.4 Å². The summed E-state index contributed by atoms with van der Waals surface area (Å²) in [5.74, 6) is 0.671. The molecule has 12 heteroatoms. The van der Waals surface area contributed by atoms with E-state index in [-0.39, 0.29) is 11.4 Å². The molecule has 1 saturated heterocycles. The van der Waals surface area contributed by atoms with E-state index in [9.17, 15) is 26.7 Å². The highest BCUT2D eigenvalue weighted by Crippen LogP contribution is 2.48. The molecule has 0 bridgehead atoms. The minimum Gasteiger partial charge on any atom is -0.453 e. The zero-order chi connectivity index (χ0) is 25.5. The number of aliphatic hydroxyl groups is 1. The predicted molar refractivity (Wildman–Crippen MR) is 125 cm³/mol. The number of aliphatic hydroxyl groups excluding tert-OH is 1. The van der Waals surface area contributed by atoms with Gasteiger partial charge in [0.15, 0.2) is 11.5 Å². The number of halogens is 3. The first kappa shape index (κ1) is 24.4. The maximum absolute atomic E-state index is 13.0. The van der Waals surface area contributed by atoms with Crippen LogP contribution in [-0.4, -0.2) is 51.2 Å². The average molecular weight is 522 g/mol. The van der Waals surface area contributed by atoms with Crippen molar-refractivity contribution >= 4 is 21.4 Å². The molecule has 0 spiro atoms. The Bertz CT molecular complexity index is 1310. The molecule has 0 radical (unpaired) electrons. The quantitative estimate of drug-likeness (QED) is 0.473. The third kappa shape index (κ3) is 4.85. The number of piperidine rings is 1. The van der Waals surface area contributed by atoms with E-state index in [0.29, 0.717) is 18.0 Å². The van der Waals surface area contributed by atoms with Gasteiger partial charge < -0.3 is 24.8 Å². The monoisotopic (exact) mass is 521 g/mol. The van der Waals surface area contributed by atoms with Crippen molar-refractivity contribution in [1.82, 2.24) is 10.0 Å². The Kier molecular flexibility index (Phi) is 6.29. The molecule has 1 fully saturated rings. The van der Waals surface area contributed by atoms with Gasteiger partial charge in [0.1, 0.15) is 5.75 Å². The first-order valence-corrected chi connectivity index (χ1v) is 12.5. The zero-order valence-electron chi connectivity index (χ0n) is 18.6. The van der Waals surface area contributed by atoms with Gasteiger partial charge in [0.2, 0.25) is 10.0 Å². The normalized spacial score (nSPS) is 21.8. The van der Waals surface area contributed by atoms with Gasteiger partial charge in [-0.25, -0.2) is 13.1 Å². The maximum Gasteiger partial charge on any atom is 0.573 e. The summed E-state index contributed by atoms with van der Waals surface area (Å²) in [4.78, 5) is 1.67. The lowest BCUT2D eigenvalue weighted by atomic mass is 9.96. The minimum absolute atomic E-state index is 0.153. The lowest BCUT2D eigenvalue weighted by Gasteiger charge is -2.45. The van der Waals surface area contributed by atoms with Gasteiger partial charge in [0.05, 0.1) is 34.5 Å². The third-order valence-electron chi connectivity index (χ3n) is 6.00. The highest BCUT2D eigenvalue weighted by molar-refractivity contribution is 7.89. The van der Waals surface area contributed by atoms with Gasteiger partial charge in [-0.2, -0.15) is 0 Å². The average Bonchev–Trinajstić information content (AvgIpc) is 2.83. The molecule has 8 nitrogen and oxygen atoms in total. The van der Waals surface area contributed by atoms with Crippen LogP contribution in [0.4, 0.5) is 24.5 Å². The highest BCUT2D eigenvalue weighted by Gasteiger charge is 2.41. The summed E-state index contributed by atoms with van der Waals surface area (Å²) < 4.78 is 75.4. The third-order valence-corrected chi connectivity index (χ3v) is 7.51. The van der Waals surface area contributed by atoms with Crippen LogP contribution in [0, 0.1) is 0 Å². The number of benzene rings is 3. The molecule has 0 unspecified atom stereocenters. The van der Waals surface area contributed by atoms with Crippen molar-refractivity contribution in [3.05, 3.63) is 72.8 Å². The van der Waals surface area contributed by atoms with E-state index in [1.807, 2.05) is 53.4 Å². The second kappa shape index (κ2) is 9.28. The molecule has 2 aliphatic heterocycles. The SMILES string of the molecule is O=S(=O)(N[C@@H]1CNC[C@H](N2c3ccccc3Oc3ccccc32)[C@H]1O)c1ccc(OC(F)(F)F)cc1. The molecule has 0 saturated carbocycles. The summed E-state index contributed by atoms with van der Waals surface area (Å²) in [6.07, 6.45) is -6.02. The van der Waals surface area contributed by atoms with Gasteiger partial charge in [-0.1, -0.05) is 24.3 Å². The molecular formula is C24H22F3N3O5S. The number of fused-ring (bicyclic) bond motifs is 2. The van der Waals surface area contributed by atoms with Crippen LogP contribution >= 0.6 is 0 Å². The van der Waals surface area contributed by atoms with Gasteiger partial charge in [-0.3, -0.25) is 0 Å². The predicted octanol–water partition coefficient (Wildman–Crippen LogP) is 3.51. The van der Waals surface area contributed by atoms with Gasteiger partial charge >= 0.3 is 6.36 Å². The molecular weight excluding hydrogens is 499 g/mol. The smallest absolute Gasteiger partial charge is 0.453 e. The van der Waals surface area contributed by atoms with E-state index in [2.05, 4.69) is 14.8 Å². The number of nitrogens with one attached hydrogen (secondary N) is 2. The van der Waals surface area contributed by atoms with Crippen LogP contribution in [-0.2, 0) is 10.0 Å². The molecule has 3 aromatic carbocycles. The van der Waals surface area contributed by atoms with E-state index >= 15 is 0 Å². The van der Waals surface area contributed by atoms with Crippen LogP contribution in [0.5, 0.6) is 17.2 Å². The molecule has 0 aromatic heterocycles. The number of anilines is 2. The molecule has 2 heterocycles. The largest absolute Gasteiger partial charge is 0.573 e. The number of alkyl halides is 3. The summed E-state index contributed by atoms with van der Waals surface area (Å²) in [5.41, 5.74) is 1.46. The van der Waals surface area contributed by atoms with E-state index in [1.54, 1.807) is 0 Å². The Hall–Kier alpha value is -3.32. The van der Waals surface area contributed by atoms with Gasteiger partial charge in [0.25, 0.3) is 0 Å². The van der Waals surface area contributed by atoms with Crippen LogP contribution in [0.25, 0.3) is 0 Å². The fraction of sp³-hybridized carbons (Fsp3) is 0.250. The number of hydrogen-bond acceptors (Lipinski definition) is 7. The molecule has 3 N–H and O–H groups in total. The first-order chi connectivity index (χ1) is 17.1. The summed E-state index contributed by atoms with van der Waals surface area (Å²) in [6.45, 7) is 0.519. The summed E-state index contributed by atoms with van der Waals surface area (Å²) in [7, 11) is -4.16. The summed E-state index contributed by atoms with van der Waals surface area (Å²) in [6, 6.07) is 17.1. The molecule has 0 aliphatic carbocycles. The summed E-state index contributed by atoms with van der Waals surface area (Å²) in [5, 5.41) is 14.5. The van der Waals surface area contributed by atoms with E-state index in [0.717, 1.165) is 35.6 Å². The van der Waals surface area contributed by atoms with Gasteiger partial charge in [0, 0.05) is 13.1 Å². The van der Waals surface area contributed by atoms with Crippen molar-refractivity contribution < 1.29 is 36.2 Å². The van der Waals surface area contributed by atoms with Crippen molar-refractivity contribution in [3.8, 4) is 17.2 Å². The summed E-state index contributed by atoms with van der Waals surface area (Å²) >= 11 is 0. The zero-order valence-corrected chi connectivity index (χ0v) is 19.5. The lowest BCUT2D eigenvalue weighted by Crippen LogP contribution is -2.64. The van der Waals surface area contributed by atoms with E-state index in [4.69, 9.17) is 4.74 Å². The molecule has 3 aromatic rings. The number of para-hydroxylation sites is 4. The van der Waals surface area contributed by atoms with Crippen LogP contribution in [0.2, 0.25) is 0 Å². The van der Waals surface area contributed by atoms with Crippen LogP contribution in [0.3, 0.4) is 0 Å². The van der Waals surface area contributed by atoms with E-state index in [1.165, 1.54) is 0 Å². The molecule has 36 heavy (non-hydrogen) atoms. The van der Waals surface area contributed by atoms with Crippen molar-refractivity contribution in [2.45, 2.75) is 29.4 Å². The van der Waals surface area contributed by atoms with Crippen molar-refractivity contribution in [3.63, 3.8) is 0 Å². The molecule has 5 rings (SSSR count). The fourth-order valence-electron chi connectivity index (χ4n) is 4.43. The van der Waals surface area contributed by atoms with Crippen molar-refractivity contribution in [2.24, 2.45) is 0 Å². The minimum atomic E-state index is -4.89. The lowest BCUT2D eigenvalue weighted by molar-refractivity contribution is -0.274. The number of nitrogens with zero attached hydrogens (tertiary/aromatic N) is 1. The topological polar surface area (TPSA) is 100 Å². The van der Waals surface area contributed by atoms with Crippen molar-refractivity contribution in [1.29, 1.82) is 0 Å². The fourth-order valence-corrected chi connectivity index (χ4v) is 5.68. The highest BCUT2D eigenvalue weighted by atomic mass is 32.2. The molecule has 2 aliphatic rings. The van der Waals surface area contributed by atoms with Crippen LogP contribution in [0.15, 0.2) is 77.7 Å². The Morgan fingerprint density at radius 3 is 2.11 bits per heavy atom. The number of sulfonamides is 1. The molecule has 3 atom stereocenters. The Morgan fingerprint density at radius 2 is 1.53 bits per heavy atom. The van der Waals surface area contributed by atoms with Crippen molar-refractivity contribution in [2.75, 3.05) is 18.0 Å². The molecule has 190 valence electrons. The first-order valence-electron chi connectivity index (χ1n) is 11.0. The van der Waals surface area contributed by atoms with E-state index < -0.39 is 40.3 Å². The van der Waals surface area contributed by atoms with Gasteiger partial charge in [-0.15, -0.1) is 13.2 Å². The Balaban J connectivity index is 1.39. The Morgan fingerprint density at radius 1 is 0.944 bits per heavy atom. The molecule has 0 amide bonds. The standard InChI is InChI=1S/C24H22F3N3O5S/c25-24(26,27)35-15-9-11-16(12-10-15)36(32,33)29-17-13-28-14-20(23(17)31)30-18-5-1-3-7-21(18)34-22-8-4-2-6-19(22)30/h1-12,17,20,23,28-29,31H,13-14H2/t17-,20+,23+/m1/s1. The maximum atomic E-state index is 13.0. The Labute approximate surface area is 205 Å². The van der Waals surface area contributed by atoms with Gasteiger partial charge in [-0.05, 0) is 48.5 Å². The number of ether oxygens (including phenoxy) is 2. The number of rotatable bonds is 5.